The summed E-state index contributed by atoms with van der Waals surface area (Å²) in [6.07, 6.45) is -0.669. The first-order valence-corrected chi connectivity index (χ1v) is 6.49. The molecular weight excluding hydrogens is 273 g/mol. The molecule has 0 bridgehead atoms. The van der Waals surface area contributed by atoms with Crippen molar-refractivity contribution in [2.45, 2.75) is 12.5 Å². The van der Waals surface area contributed by atoms with Crippen LogP contribution >= 0.6 is 0 Å². The van der Waals surface area contributed by atoms with E-state index in [1.54, 1.807) is 36.4 Å². The van der Waals surface area contributed by atoms with Crippen LogP contribution in [0, 0.1) is 5.82 Å². The van der Waals surface area contributed by atoms with Crippen LogP contribution in [0.25, 0.3) is 0 Å². The Balaban J connectivity index is 1.72. The van der Waals surface area contributed by atoms with Gasteiger partial charge in [0.1, 0.15) is 11.9 Å². The number of ether oxygens (including phenoxy) is 1. The van der Waals surface area contributed by atoms with Gasteiger partial charge in [0.05, 0.1) is 17.7 Å². The Bertz CT molecular complexity index is 714. The topological polar surface area (TPSA) is 55.4 Å². The molecule has 2 aromatic carbocycles. The number of hydrogen-bond donors (Lipinski definition) is 1. The largest absolute Gasteiger partial charge is 0.453 e. The van der Waals surface area contributed by atoms with Crippen molar-refractivity contribution in [1.29, 1.82) is 0 Å². The molecule has 0 aliphatic carbocycles. The molecule has 5 heteroatoms. The molecule has 1 aliphatic heterocycles. The Kier molecular flexibility index (Phi) is 3.39. The summed E-state index contributed by atoms with van der Waals surface area (Å²) in [7, 11) is 0. The number of anilines is 1. The van der Waals surface area contributed by atoms with Crippen LogP contribution in [-0.2, 0) is 9.53 Å². The first-order valence-electron chi connectivity index (χ1n) is 6.49. The lowest BCUT2D eigenvalue weighted by Crippen LogP contribution is -2.16. The predicted molar refractivity (Wildman–Crippen MR) is 74.2 cm³/mol. The molecule has 21 heavy (non-hydrogen) atoms. The summed E-state index contributed by atoms with van der Waals surface area (Å²) >= 11 is 0. The number of esters is 1. The number of hydrogen-bond acceptors (Lipinski definition) is 3. The summed E-state index contributed by atoms with van der Waals surface area (Å²) in [6, 6.07) is 12.8. The molecule has 4 nitrogen and oxygen atoms in total. The minimum absolute atomic E-state index is 0.0446. The number of carbonyl (C=O) groups is 2. The van der Waals surface area contributed by atoms with Crippen LogP contribution in [0.4, 0.5) is 10.1 Å². The van der Waals surface area contributed by atoms with E-state index in [0.717, 1.165) is 0 Å². The van der Waals surface area contributed by atoms with E-state index >= 15 is 0 Å². The normalized spacial score (nSPS) is 16.2. The van der Waals surface area contributed by atoms with Gasteiger partial charge in [-0.1, -0.05) is 30.3 Å². The van der Waals surface area contributed by atoms with Gasteiger partial charge in [0, 0.05) is 5.56 Å². The van der Waals surface area contributed by atoms with Crippen LogP contribution in [0.5, 0.6) is 0 Å². The Labute approximate surface area is 120 Å². The van der Waals surface area contributed by atoms with Crippen LogP contribution < -0.4 is 5.32 Å². The molecule has 0 aromatic heterocycles. The van der Waals surface area contributed by atoms with Gasteiger partial charge < -0.3 is 10.1 Å². The van der Waals surface area contributed by atoms with Crippen molar-refractivity contribution in [1.82, 2.24) is 0 Å². The monoisotopic (exact) mass is 285 g/mol. The van der Waals surface area contributed by atoms with E-state index in [0.29, 0.717) is 11.1 Å². The van der Waals surface area contributed by atoms with Crippen LogP contribution in [-0.4, -0.2) is 11.9 Å². The second kappa shape index (κ2) is 5.36. The Hall–Kier alpha value is -2.69. The predicted octanol–water partition coefficient (Wildman–Crippen LogP) is 3.07. The number of para-hydroxylation sites is 1. The average molecular weight is 285 g/mol. The first kappa shape index (κ1) is 13.3. The minimum atomic E-state index is -0.625. The van der Waals surface area contributed by atoms with Gasteiger partial charge in [-0.25, -0.2) is 9.18 Å². The van der Waals surface area contributed by atoms with Crippen LogP contribution in [0.3, 0.4) is 0 Å². The van der Waals surface area contributed by atoms with Gasteiger partial charge in [0.2, 0.25) is 5.91 Å². The van der Waals surface area contributed by atoms with Crippen molar-refractivity contribution < 1.29 is 18.7 Å². The molecule has 2 aromatic rings. The number of amides is 1. The lowest BCUT2D eigenvalue weighted by atomic mass is 10.0. The molecule has 0 saturated heterocycles. The maximum Gasteiger partial charge on any atom is 0.339 e. The zero-order chi connectivity index (χ0) is 14.8. The molecular formula is C16H12FNO3. The first-order chi connectivity index (χ1) is 10.1. The van der Waals surface area contributed by atoms with E-state index in [1.165, 1.54) is 12.1 Å². The fraction of sp³-hybridized carbons (Fsp3) is 0.125. The highest BCUT2D eigenvalue weighted by Crippen LogP contribution is 2.33. The number of carbonyl (C=O) groups excluding carboxylic acids is 2. The van der Waals surface area contributed by atoms with Gasteiger partial charge in [0.15, 0.2) is 0 Å². The Morgan fingerprint density at radius 2 is 1.86 bits per heavy atom. The number of nitrogens with one attached hydrogen (secondary N) is 1. The van der Waals surface area contributed by atoms with Gasteiger partial charge in [-0.2, -0.15) is 0 Å². The highest BCUT2D eigenvalue weighted by atomic mass is 19.1. The molecule has 0 spiro atoms. The van der Waals surface area contributed by atoms with Crippen molar-refractivity contribution >= 4 is 17.6 Å². The average Bonchev–Trinajstić information content (AvgIpc) is 2.79. The van der Waals surface area contributed by atoms with Crippen molar-refractivity contribution in [3.05, 3.63) is 65.5 Å². The number of halogens is 1. The second-order valence-corrected chi connectivity index (χ2v) is 4.71. The molecule has 0 fully saturated rings. The minimum Gasteiger partial charge on any atom is -0.453 e. The molecule has 1 aliphatic rings. The standard InChI is InChI=1S/C16H12FNO3/c17-12-7-3-4-8-13(12)18-15(19)9-14-10-5-1-2-6-11(10)16(20)21-14/h1-8,14H,9H2,(H,18,19). The summed E-state index contributed by atoms with van der Waals surface area (Å²) in [5.74, 6) is -1.35. The number of cyclic esters (lactones) is 1. The molecule has 1 heterocycles. The maximum atomic E-state index is 13.5. The van der Waals surface area contributed by atoms with Crippen LogP contribution in [0.15, 0.2) is 48.5 Å². The fourth-order valence-electron chi connectivity index (χ4n) is 2.30. The smallest absolute Gasteiger partial charge is 0.339 e. The third-order valence-corrected chi connectivity index (χ3v) is 3.30. The lowest BCUT2D eigenvalue weighted by molar-refractivity contribution is -0.118. The van der Waals surface area contributed by atoms with Crippen molar-refractivity contribution in [3.63, 3.8) is 0 Å². The van der Waals surface area contributed by atoms with Gasteiger partial charge in [-0.05, 0) is 18.2 Å². The lowest BCUT2D eigenvalue weighted by Gasteiger charge is -2.11. The van der Waals surface area contributed by atoms with E-state index in [9.17, 15) is 14.0 Å². The van der Waals surface area contributed by atoms with Crippen molar-refractivity contribution in [2.24, 2.45) is 0 Å². The van der Waals surface area contributed by atoms with Gasteiger partial charge in [0.25, 0.3) is 0 Å². The van der Waals surface area contributed by atoms with E-state index in [1.807, 2.05) is 0 Å². The van der Waals surface area contributed by atoms with E-state index in [2.05, 4.69) is 5.32 Å². The Morgan fingerprint density at radius 1 is 1.14 bits per heavy atom. The molecule has 3 rings (SSSR count). The zero-order valence-electron chi connectivity index (χ0n) is 11.0. The van der Waals surface area contributed by atoms with E-state index in [-0.39, 0.29) is 12.1 Å². The van der Waals surface area contributed by atoms with Gasteiger partial charge in [-0.3, -0.25) is 4.79 Å². The van der Waals surface area contributed by atoms with Crippen molar-refractivity contribution in [2.75, 3.05) is 5.32 Å². The summed E-state index contributed by atoms with van der Waals surface area (Å²) in [5, 5.41) is 2.48. The third-order valence-electron chi connectivity index (χ3n) is 3.30. The van der Waals surface area contributed by atoms with E-state index in [4.69, 9.17) is 4.74 Å². The molecule has 1 N–H and O–H groups in total. The highest BCUT2D eigenvalue weighted by molar-refractivity contribution is 5.96. The summed E-state index contributed by atoms with van der Waals surface area (Å²) in [6.45, 7) is 0. The zero-order valence-corrected chi connectivity index (χ0v) is 11.0. The highest BCUT2D eigenvalue weighted by Gasteiger charge is 2.32. The van der Waals surface area contributed by atoms with Crippen molar-refractivity contribution in [3.8, 4) is 0 Å². The molecule has 1 amide bonds. The summed E-state index contributed by atoms with van der Waals surface area (Å²) < 4.78 is 18.6. The summed E-state index contributed by atoms with van der Waals surface area (Å²) in [4.78, 5) is 23.6. The molecule has 0 saturated carbocycles. The second-order valence-electron chi connectivity index (χ2n) is 4.71. The van der Waals surface area contributed by atoms with Crippen LogP contribution in [0.2, 0.25) is 0 Å². The summed E-state index contributed by atoms with van der Waals surface area (Å²) in [5.41, 5.74) is 1.27. The number of fused-ring (bicyclic) bond motifs is 1. The number of rotatable bonds is 3. The van der Waals surface area contributed by atoms with Crippen LogP contribution in [0.1, 0.15) is 28.4 Å². The SMILES string of the molecule is O=C(CC1OC(=O)c2ccccc21)Nc1ccccc1F. The fourth-order valence-corrected chi connectivity index (χ4v) is 2.30. The number of benzene rings is 2. The van der Waals surface area contributed by atoms with E-state index < -0.39 is 23.8 Å². The molecule has 1 atom stereocenters. The Morgan fingerprint density at radius 3 is 2.67 bits per heavy atom. The van der Waals surface area contributed by atoms with Gasteiger partial charge >= 0.3 is 5.97 Å². The quantitative estimate of drug-likeness (QED) is 0.882. The van der Waals surface area contributed by atoms with Gasteiger partial charge in [-0.15, -0.1) is 0 Å². The molecule has 0 radical (unpaired) electrons. The molecule has 1 unspecified atom stereocenters. The maximum absolute atomic E-state index is 13.5. The third kappa shape index (κ3) is 2.63. The molecule has 106 valence electrons.